The second-order valence-corrected chi connectivity index (χ2v) is 7.17. The fourth-order valence-electron chi connectivity index (χ4n) is 3.57. The molecular formula is C23H21N2O4+. The lowest BCUT2D eigenvalue weighted by Gasteiger charge is -2.15. The molecule has 3 amide bonds. The molecule has 6 heteroatoms. The fraction of sp³-hybridized carbons (Fsp3) is 0.174. The van der Waals surface area contributed by atoms with Gasteiger partial charge in [0, 0.05) is 12.7 Å². The third kappa shape index (κ3) is 3.07. The van der Waals surface area contributed by atoms with E-state index >= 15 is 0 Å². The molecule has 1 atom stereocenters. The highest BCUT2D eigenvalue weighted by molar-refractivity contribution is 6.21. The van der Waals surface area contributed by atoms with Crippen LogP contribution in [0.4, 0.5) is 0 Å². The summed E-state index contributed by atoms with van der Waals surface area (Å²) in [5, 5.41) is 8.34. The topological polar surface area (TPSA) is 80.6 Å². The first-order chi connectivity index (χ1) is 13.9. The molecule has 0 saturated carbocycles. The summed E-state index contributed by atoms with van der Waals surface area (Å²) < 4.78 is 0. The van der Waals surface area contributed by atoms with Crippen molar-refractivity contribution in [3.8, 4) is 0 Å². The summed E-state index contributed by atoms with van der Waals surface area (Å²) in [5.74, 6) is -0.798. The van der Waals surface area contributed by atoms with E-state index < -0.39 is 6.23 Å². The third-order valence-electron chi connectivity index (χ3n) is 5.41. The summed E-state index contributed by atoms with van der Waals surface area (Å²) >= 11 is 0. The first-order valence-corrected chi connectivity index (χ1v) is 9.33. The lowest BCUT2D eigenvalue weighted by Crippen LogP contribution is -2.30. The average Bonchev–Trinajstić information content (AvgIpc) is 3.12. The van der Waals surface area contributed by atoms with Crippen molar-refractivity contribution < 1.29 is 19.5 Å². The van der Waals surface area contributed by atoms with Gasteiger partial charge in [0.2, 0.25) is 0 Å². The van der Waals surface area contributed by atoms with Crippen LogP contribution in [-0.4, -0.2) is 39.2 Å². The van der Waals surface area contributed by atoms with Crippen molar-refractivity contribution in [2.45, 2.75) is 20.1 Å². The lowest BCUT2D eigenvalue weighted by atomic mass is 10.1. The van der Waals surface area contributed by atoms with E-state index in [-0.39, 0.29) is 24.3 Å². The molecule has 2 aliphatic heterocycles. The Kier molecular flexibility index (Phi) is 4.64. The summed E-state index contributed by atoms with van der Waals surface area (Å²) in [6.45, 7) is 3.86. The van der Waals surface area contributed by atoms with Crippen molar-refractivity contribution in [3.63, 3.8) is 0 Å². The van der Waals surface area contributed by atoms with Gasteiger partial charge in [0.15, 0.2) is 0 Å². The van der Waals surface area contributed by atoms with Crippen molar-refractivity contribution in [3.05, 3.63) is 94.2 Å². The number of hydrogen-bond donors (Lipinski definition) is 0. The van der Waals surface area contributed by atoms with Gasteiger partial charge in [-0.2, -0.15) is 0 Å². The number of nitrogens with zero attached hydrogens (tertiary/aromatic N) is 2. The van der Waals surface area contributed by atoms with Crippen molar-refractivity contribution in [1.82, 2.24) is 9.80 Å². The van der Waals surface area contributed by atoms with Crippen LogP contribution in [-0.2, 0) is 0 Å². The number of carbonyl (C=O) groups is 3. The maximum absolute atomic E-state index is 12.6. The minimum atomic E-state index is -0.780. The van der Waals surface area contributed by atoms with Crippen LogP contribution in [0.2, 0.25) is 0 Å². The molecule has 1 unspecified atom stereocenters. The minimum Gasteiger partial charge on any atom is -0.423 e. The van der Waals surface area contributed by atoms with Crippen LogP contribution in [0.1, 0.15) is 56.7 Å². The van der Waals surface area contributed by atoms with Crippen LogP contribution in [0, 0.1) is 0 Å². The summed E-state index contributed by atoms with van der Waals surface area (Å²) in [6, 6.07) is 13.9. The van der Waals surface area contributed by atoms with E-state index in [0.717, 1.165) is 11.1 Å². The molecule has 2 aromatic rings. The van der Waals surface area contributed by atoms with Gasteiger partial charge in [0.25, 0.3) is 23.9 Å². The average molecular weight is 389 g/mol. The highest BCUT2D eigenvalue weighted by atomic mass is 16.3. The molecule has 0 saturated heterocycles. The van der Waals surface area contributed by atoms with Gasteiger partial charge in [-0.15, -0.1) is 0 Å². The molecule has 29 heavy (non-hydrogen) atoms. The van der Waals surface area contributed by atoms with Gasteiger partial charge < -0.3 is 5.11 Å². The number of carbonyl (C=O) groups excluding carboxylic acids is 3. The smallest absolute Gasteiger partial charge is 0.267 e. The molecule has 0 fully saturated rings. The van der Waals surface area contributed by atoms with Gasteiger partial charge in [0.05, 0.1) is 22.3 Å². The van der Waals surface area contributed by atoms with Crippen LogP contribution in [0.25, 0.3) is 0 Å². The van der Waals surface area contributed by atoms with E-state index in [0.29, 0.717) is 22.3 Å². The Bertz CT molecular complexity index is 1060. The third-order valence-corrected chi connectivity index (χ3v) is 5.41. The van der Waals surface area contributed by atoms with Gasteiger partial charge in [0.1, 0.15) is 0 Å². The summed E-state index contributed by atoms with van der Waals surface area (Å²) in [7, 11) is 0. The Labute approximate surface area is 168 Å². The molecule has 6 nitrogen and oxygen atoms in total. The molecule has 2 heterocycles. The Morgan fingerprint density at radius 1 is 0.862 bits per heavy atom. The monoisotopic (exact) mass is 389 g/mol. The predicted octanol–water partition coefficient (Wildman–Crippen LogP) is 3.01. The standard InChI is InChI=1S/C23H20N2O4/c1-14(11-12-24-20(26)16-7-3-4-8-17(16)21(24)27)15(2)13-25-22(28)18-9-5-6-10-19(18)23(25)29/h3-11,13,22,28H,12H2,1-2H3/p+1/b14-11+,15-13+. The van der Waals surface area contributed by atoms with Crippen LogP contribution in [0.3, 0.4) is 0 Å². The molecule has 2 aromatic carbocycles. The highest BCUT2D eigenvalue weighted by Gasteiger charge is 2.38. The molecule has 0 radical (unpaired) electrons. The number of rotatable bonds is 4. The normalized spacial score (nSPS) is 19.1. The SMILES string of the molecule is CC(=C\CN1C(=O)c2ccccc2C1=O)/C(C)=C/N1C(=O)c2ccccc2C1[OH2+]. The van der Waals surface area contributed by atoms with E-state index in [1.54, 1.807) is 54.7 Å². The summed E-state index contributed by atoms with van der Waals surface area (Å²) in [4.78, 5) is 40.1. The minimum absolute atomic E-state index is 0.155. The summed E-state index contributed by atoms with van der Waals surface area (Å²) in [6.07, 6.45) is 2.67. The zero-order valence-electron chi connectivity index (χ0n) is 16.2. The molecular weight excluding hydrogens is 368 g/mol. The first kappa shape index (κ1) is 18.8. The molecule has 0 spiro atoms. The zero-order valence-corrected chi connectivity index (χ0v) is 16.2. The number of amides is 3. The molecule has 4 rings (SSSR count). The number of allylic oxidation sites excluding steroid dienone is 2. The van der Waals surface area contributed by atoms with E-state index in [2.05, 4.69) is 0 Å². The second kappa shape index (κ2) is 7.14. The molecule has 146 valence electrons. The van der Waals surface area contributed by atoms with Crippen molar-refractivity contribution in [2.75, 3.05) is 6.54 Å². The van der Waals surface area contributed by atoms with Crippen LogP contribution < -0.4 is 0 Å². The number of hydrogen-bond acceptors (Lipinski definition) is 3. The highest BCUT2D eigenvalue weighted by Crippen LogP contribution is 2.32. The molecule has 0 bridgehead atoms. The van der Waals surface area contributed by atoms with Crippen LogP contribution >= 0.6 is 0 Å². The van der Waals surface area contributed by atoms with Gasteiger partial charge in [-0.05, 0) is 49.3 Å². The molecule has 0 aliphatic carbocycles. The Morgan fingerprint density at radius 3 is 2.00 bits per heavy atom. The van der Waals surface area contributed by atoms with Gasteiger partial charge in [-0.1, -0.05) is 30.3 Å². The number of benzene rings is 2. The van der Waals surface area contributed by atoms with Crippen molar-refractivity contribution >= 4 is 17.7 Å². The number of imide groups is 1. The summed E-state index contributed by atoms with van der Waals surface area (Å²) in [5.41, 5.74) is 3.71. The zero-order chi connectivity index (χ0) is 20.7. The van der Waals surface area contributed by atoms with E-state index in [1.807, 2.05) is 19.9 Å². The lowest BCUT2D eigenvalue weighted by molar-refractivity contribution is 0.0392. The maximum atomic E-state index is 12.6. The largest absolute Gasteiger partial charge is 0.423 e. The van der Waals surface area contributed by atoms with Crippen LogP contribution in [0.5, 0.6) is 0 Å². The van der Waals surface area contributed by atoms with Crippen molar-refractivity contribution in [1.29, 1.82) is 0 Å². The van der Waals surface area contributed by atoms with Gasteiger partial charge in [-0.3, -0.25) is 19.3 Å². The Balaban J connectivity index is 1.51. The predicted molar refractivity (Wildman–Crippen MR) is 108 cm³/mol. The molecule has 0 aromatic heterocycles. The van der Waals surface area contributed by atoms with Gasteiger partial charge >= 0.3 is 0 Å². The Morgan fingerprint density at radius 2 is 1.41 bits per heavy atom. The fourth-order valence-corrected chi connectivity index (χ4v) is 3.57. The van der Waals surface area contributed by atoms with Crippen LogP contribution in [0.15, 0.2) is 72.0 Å². The second-order valence-electron chi connectivity index (χ2n) is 7.17. The molecule has 2 aliphatic rings. The maximum Gasteiger partial charge on any atom is 0.267 e. The van der Waals surface area contributed by atoms with Gasteiger partial charge in [-0.25, -0.2) is 4.90 Å². The first-order valence-electron chi connectivity index (χ1n) is 9.33. The van der Waals surface area contributed by atoms with E-state index in [1.165, 1.54) is 9.80 Å². The van der Waals surface area contributed by atoms with E-state index in [9.17, 15) is 14.4 Å². The molecule has 2 N–H and O–H groups in total. The quantitative estimate of drug-likeness (QED) is 0.458. The van der Waals surface area contributed by atoms with E-state index in [4.69, 9.17) is 5.11 Å². The number of fused-ring (bicyclic) bond motifs is 2. The Hall–Kier alpha value is -3.51. The van der Waals surface area contributed by atoms with Crippen molar-refractivity contribution in [2.24, 2.45) is 0 Å².